The molecular weight excluding hydrogens is 542 g/mol. The highest BCUT2D eigenvalue weighted by Crippen LogP contribution is 2.35. The highest BCUT2D eigenvalue weighted by atomic mass is 35.5. The second kappa shape index (κ2) is 12.9. The molecule has 0 unspecified atom stereocenters. The van der Waals surface area contributed by atoms with Gasteiger partial charge in [0.2, 0.25) is 21.8 Å². The molecule has 2 aromatic rings. The van der Waals surface area contributed by atoms with Crippen molar-refractivity contribution in [2.75, 3.05) is 30.3 Å². The van der Waals surface area contributed by atoms with Gasteiger partial charge < -0.3 is 19.7 Å². The maximum Gasteiger partial charge on any atom is 0.244 e. The van der Waals surface area contributed by atoms with Crippen molar-refractivity contribution in [2.45, 2.75) is 64.1 Å². The van der Waals surface area contributed by atoms with Crippen LogP contribution in [0.25, 0.3) is 0 Å². The molecule has 11 heteroatoms. The van der Waals surface area contributed by atoms with Gasteiger partial charge in [-0.1, -0.05) is 49.9 Å². The van der Waals surface area contributed by atoms with Crippen LogP contribution in [0.5, 0.6) is 11.5 Å². The van der Waals surface area contributed by atoms with Gasteiger partial charge >= 0.3 is 0 Å². The van der Waals surface area contributed by atoms with Crippen LogP contribution >= 0.6 is 11.6 Å². The molecule has 1 aliphatic carbocycles. The first-order valence-corrected chi connectivity index (χ1v) is 15.6. The Labute approximate surface area is 235 Å². The van der Waals surface area contributed by atoms with Crippen LogP contribution in [0.2, 0.25) is 5.02 Å². The first-order chi connectivity index (χ1) is 18.7. The molecule has 212 valence electrons. The molecular formula is C28H36ClN3O6S. The molecule has 0 saturated heterocycles. The van der Waals surface area contributed by atoms with E-state index < -0.39 is 28.5 Å². The lowest BCUT2D eigenvalue weighted by molar-refractivity contribution is -0.140. The summed E-state index contributed by atoms with van der Waals surface area (Å²) < 4.78 is 38.0. The molecule has 1 saturated carbocycles. The first kappa shape index (κ1) is 29.0. The largest absolute Gasteiger partial charge is 0.486 e. The number of carbonyl (C=O) groups is 2. The Bertz CT molecular complexity index is 1260. The van der Waals surface area contributed by atoms with E-state index >= 15 is 0 Å². The van der Waals surface area contributed by atoms with Crippen molar-refractivity contribution in [3.05, 3.63) is 53.1 Å². The molecule has 1 N–H and O–H groups in total. The summed E-state index contributed by atoms with van der Waals surface area (Å²) in [5.41, 5.74) is 1.06. The SMILES string of the molecule is CC[C@H](C(=O)NC1CCCCC1)N(Cc1ccc(Cl)cc1)C(=O)CN(c1ccc2c(c1)OCCO2)S(C)(=O)=O. The Kier molecular flexibility index (Phi) is 9.61. The van der Waals surface area contributed by atoms with E-state index in [0.29, 0.717) is 36.2 Å². The van der Waals surface area contributed by atoms with Crippen LogP contribution in [0.3, 0.4) is 0 Å². The topological polar surface area (TPSA) is 105 Å². The zero-order valence-corrected chi connectivity index (χ0v) is 24.0. The van der Waals surface area contributed by atoms with Gasteiger partial charge in [0, 0.05) is 23.7 Å². The molecule has 0 radical (unpaired) electrons. The average molecular weight is 578 g/mol. The van der Waals surface area contributed by atoms with Crippen LogP contribution in [0, 0.1) is 0 Å². The van der Waals surface area contributed by atoms with Gasteiger partial charge in [-0.3, -0.25) is 13.9 Å². The van der Waals surface area contributed by atoms with Gasteiger partial charge in [-0.25, -0.2) is 8.42 Å². The molecule has 0 aromatic heterocycles. The average Bonchev–Trinajstić information content (AvgIpc) is 2.92. The third-order valence-corrected chi connectivity index (χ3v) is 8.49. The molecule has 2 aliphatic rings. The quantitative estimate of drug-likeness (QED) is 0.455. The van der Waals surface area contributed by atoms with E-state index in [1.165, 1.54) is 4.90 Å². The Morgan fingerprint density at radius 1 is 1.03 bits per heavy atom. The summed E-state index contributed by atoms with van der Waals surface area (Å²) in [5.74, 6) is 0.212. The number of hydrogen-bond donors (Lipinski definition) is 1. The number of hydrogen-bond acceptors (Lipinski definition) is 6. The van der Waals surface area contributed by atoms with Crippen molar-refractivity contribution < 1.29 is 27.5 Å². The molecule has 9 nitrogen and oxygen atoms in total. The van der Waals surface area contributed by atoms with Gasteiger partial charge in [0.25, 0.3) is 0 Å². The molecule has 1 heterocycles. The zero-order valence-electron chi connectivity index (χ0n) is 22.4. The maximum atomic E-state index is 13.9. The van der Waals surface area contributed by atoms with Crippen molar-refractivity contribution in [3.8, 4) is 11.5 Å². The van der Waals surface area contributed by atoms with E-state index in [0.717, 1.165) is 48.2 Å². The van der Waals surface area contributed by atoms with Crippen LogP contribution in [-0.4, -0.2) is 63.2 Å². The van der Waals surface area contributed by atoms with Gasteiger partial charge in [-0.05, 0) is 49.1 Å². The monoisotopic (exact) mass is 577 g/mol. The molecule has 1 fully saturated rings. The number of carbonyl (C=O) groups excluding carboxylic acids is 2. The van der Waals surface area contributed by atoms with E-state index in [1.807, 2.05) is 6.92 Å². The number of sulfonamides is 1. The fraction of sp³-hybridized carbons (Fsp3) is 0.500. The number of rotatable bonds is 10. The van der Waals surface area contributed by atoms with Gasteiger partial charge in [-0.2, -0.15) is 0 Å². The molecule has 2 amide bonds. The van der Waals surface area contributed by atoms with Crippen molar-refractivity contribution in [1.29, 1.82) is 0 Å². The Hall–Kier alpha value is -2.98. The van der Waals surface area contributed by atoms with Crippen LogP contribution in [0.4, 0.5) is 5.69 Å². The molecule has 0 bridgehead atoms. The molecule has 39 heavy (non-hydrogen) atoms. The number of halogens is 1. The third-order valence-electron chi connectivity index (χ3n) is 7.10. The Morgan fingerprint density at radius 2 is 1.69 bits per heavy atom. The normalized spacial score (nSPS) is 16.3. The second-order valence-corrected chi connectivity index (χ2v) is 12.4. The van der Waals surface area contributed by atoms with Gasteiger partial charge in [0.1, 0.15) is 25.8 Å². The number of amides is 2. The summed E-state index contributed by atoms with van der Waals surface area (Å²) in [6.07, 6.45) is 6.54. The number of benzene rings is 2. The summed E-state index contributed by atoms with van der Waals surface area (Å²) in [6, 6.07) is 11.1. The predicted molar refractivity (Wildman–Crippen MR) is 151 cm³/mol. The highest BCUT2D eigenvalue weighted by molar-refractivity contribution is 7.92. The summed E-state index contributed by atoms with van der Waals surface area (Å²) in [7, 11) is -3.86. The lowest BCUT2D eigenvalue weighted by atomic mass is 9.95. The number of fused-ring (bicyclic) bond motifs is 1. The van der Waals surface area contributed by atoms with E-state index in [-0.39, 0.29) is 24.2 Å². The maximum absolute atomic E-state index is 13.9. The van der Waals surface area contributed by atoms with Gasteiger partial charge in [0.05, 0.1) is 11.9 Å². The van der Waals surface area contributed by atoms with E-state index in [9.17, 15) is 18.0 Å². The lowest BCUT2D eigenvalue weighted by Gasteiger charge is -2.34. The number of anilines is 1. The molecule has 0 spiro atoms. The third kappa shape index (κ3) is 7.57. The van der Waals surface area contributed by atoms with Crippen molar-refractivity contribution in [2.24, 2.45) is 0 Å². The summed E-state index contributed by atoms with van der Waals surface area (Å²) in [4.78, 5) is 28.8. The number of nitrogens with one attached hydrogen (secondary N) is 1. The van der Waals surface area contributed by atoms with Crippen LogP contribution in [-0.2, 0) is 26.2 Å². The molecule has 4 rings (SSSR count). The smallest absolute Gasteiger partial charge is 0.244 e. The Balaban J connectivity index is 1.62. The predicted octanol–water partition coefficient (Wildman–Crippen LogP) is 4.13. The zero-order chi connectivity index (χ0) is 28.0. The highest BCUT2D eigenvalue weighted by Gasteiger charge is 2.33. The number of nitrogens with zero attached hydrogens (tertiary/aromatic N) is 2. The minimum atomic E-state index is -3.86. The van der Waals surface area contributed by atoms with Crippen molar-refractivity contribution in [1.82, 2.24) is 10.2 Å². The standard InChI is InChI=1S/C28H36ClN3O6S/c1-3-24(28(34)30-22-7-5-4-6-8-22)31(18-20-9-11-21(29)12-10-20)27(33)19-32(39(2,35)36)23-13-14-25-26(17-23)38-16-15-37-25/h9-14,17,22,24H,3-8,15-16,18-19H2,1-2H3,(H,30,34)/t24-/m1/s1. The minimum Gasteiger partial charge on any atom is -0.486 e. The van der Waals surface area contributed by atoms with E-state index in [2.05, 4.69) is 5.32 Å². The summed E-state index contributed by atoms with van der Waals surface area (Å²) in [6.45, 7) is 2.26. The molecule has 2 aromatic carbocycles. The lowest BCUT2D eigenvalue weighted by Crippen LogP contribution is -2.53. The Morgan fingerprint density at radius 3 is 2.33 bits per heavy atom. The number of ether oxygens (including phenoxy) is 2. The van der Waals surface area contributed by atoms with Crippen LogP contribution in [0.1, 0.15) is 51.0 Å². The first-order valence-electron chi connectivity index (χ1n) is 13.4. The van der Waals surface area contributed by atoms with Crippen LogP contribution < -0.4 is 19.1 Å². The van der Waals surface area contributed by atoms with Gasteiger partial charge in [-0.15, -0.1) is 0 Å². The second-order valence-electron chi connectivity index (χ2n) is 10.0. The molecule has 1 atom stereocenters. The molecule has 1 aliphatic heterocycles. The van der Waals surface area contributed by atoms with Crippen molar-refractivity contribution >= 4 is 39.1 Å². The van der Waals surface area contributed by atoms with E-state index in [4.69, 9.17) is 21.1 Å². The van der Waals surface area contributed by atoms with Crippen molar-refractivity contribution in [3.63, 3.8) is 0 Å². The fourth-order valence-electron chi connectivity index (χ4n) is 5.05. The van der Waals surface area contributed by atoms with E-state index in [1.54, 1.807) is 42.5 Å². The van der Waals surface area contributed by atoms with Crippen LogP contribution in [0.15, 0.2) is 42.5 Å². The fourth-order valence-corrected chi connectivity index (χ4v) is 6.02. The summed E-state index contributed by atoms with van der Waals surface area (Å²) >= 11 is 6.06. The summed E-state index contributed by atoms with van der Waals surface area (Å²) in [5, 5.41) is 3.69. The van der Waals surface area contributed by atoms with Gasteiger partial charge in [0.15, 0.2) is 11.5 Å². The minimum absolute atomic E-state index is 0.0815.